The predicted molar refractivity (Wildman–Crippen MR) is 43.4 cm³/mol. The molecule has 0 aliphatic heterocycles. The fourth-order valence-electron chi connectivity index (χ4n) is 1.11. The van der Waals surface area contributed by atoms with Gasteiger partial charge in [-0.15, -0.1) is 0 Å². The van der Waals surface area contributed by atoms with Crippen LogP contribution in [-0.2, 0) is 11.1 Å². The summed E-state index contributed by atoms with van der Waals surface area (Å²) < 4.78 is 26.2. The standard InChI is InChI=1S/C8H6O3S/c9-12(10)8-3-1-2-6-4-11-5-7(6)8/h1-5H,(H,9,10)/p-1. The van der Waals surface area contributed by atoms with Crippen LogP contribution in [0.15, 0.2) is 40.0 Å². The first-order valence-electron chi connectivity index (χ1n) is 3.33. The molecule has 0 saturated carbocycles. The smallest absolute Gasteiger partial charge is 0.0993 e. The predicted octanol–water partition coefficient (Wildman–Crippen LogP) is 1.67. The van der Waals surface area contributed by atoms with Crippen molar-refractivity contribution in [3.63, 3.8) is 0 Å². The van der Waals surface area contributed by atoms with E-state index in [0.29, 0.717) is 5.39 Å². The lowest BCUT2D eigenvalue weighted by Crippen LogP contribution is -1.87. The van der Waals surface area contributed by atoms with Gasteiger partial charge in [0.25, 0.3) is 0 Å². The Hall–Kier alpha value is -1.13. The van der Waals surface area contributed by atoms with Crippen LogP contribution in [-0.4, -0.2) is 8.76 Å². The van der Waals surface area contributed by atoms with Gasteiger partial charge in [-0.1, -0.05) is 12.1 Å². The molecule has 0 amide bonds. The molecule has 62 valence electrons. The maximum absolute atomic E-state index is 10.7. The molecule has 0 fully saturated rings. The SMILES string of the molecule is O=S([O-])c1cccc2cocc12. The highest BCUT2D eigenvalue weighted by Gasteiger charge is 2.01. The molecule has 1 atom stereocenters. The normalized spacial score (nSPS) is 13.4. The Kier molecular flexibility index (Phi) is 1.71. The molecule has 0 bridgehead atoms. The molecule has 1 aromatic carbocycles. The Labute approximate surface area is 71.3 Å². The van der Waals surface area contributed by atoms with Crippen LogP contribution in [0.3, 0.4) is 0 Å². The molecule has 4 heteroatoms. The molecule has 1 heterocycles. The van der Waals surface area contributed by atoms with E-state index in [1.54, 1.807) is 18.2 Å². The zero-order chi connectivity index (χ0) is 8.55. The Balaban J connectivity index is 2.82. The van der Waals surface area contributed by atoms with Crippen molar-refractivity contribution in [1.82, 2.24) is 0 Å². The molecule has 0 N–H and O–H groups in total. The van der Waals surface area contributed by atoms with Gasteiger partial charge in [0.2, 0.25) is 0 Å². The first-order valence-corrected chi connectivity index (χ1v) is 4.41. The molecule has 1 unspecified atom stereocenters. The lowest BCUT2D eigenvalue weighted by molar-refractivity contribution is 0.537. The fourth-order valence-corrected chi connectivity index (χ4v) is 1.65. The van der Waals surface area contributed by atoms with Gasteiger partial charge in [0.05, 0.1) is 12.5 Å². The monoisotopic (exact) mass is 181 g/mol. The fraction of sp³-hybridized carbons (Fsp3) is 0. The highest BCUT2D eigenvalue weighted by molar-refractivity contribution is 7.79. The summed E-state index contributed by atoms with van der Waals surface area (Å²) in [6.07, 6.45) is 2.95. The minimum atomic E-state index is -2.19. The summed E-state index contributed by atoms with van der Waals surface area (Å²) in [6, 6.07) is 5.03. The van der Waals surface area contributed by atoms with Gasteiger partial charge >= 0.3 is 0 Å². The molecule has 2 aromatic rings. The molecule has 0 spiro atoms. The Morgan fingerprint density at radius 3 is 2.92 bits per heavy atom. The van der Waals surface area contributed by atoms with Gasteiger partial charge in [0.15, 0.2) is 0 Å². The van der Waals surface area contributed by atoms with Crippen molar-refractivity contribution in [3.05, 3.63) is 30.7 Å². The summed E-state index contributed by atoms with van der Waals surface area (Å²) in [5, 5.41) is 1.43. The number of hydrogen-bond donors (Lipinski definition) is 0. The zero-order valence-electron chi connectivity index (χ0n) is 6.02. The van der Waals surface area contributed by atoms with Gasteiger partial charge in [-0.2, -0.15) is 0 Å². The Morgan fingerprint density at radius 2 is 2.17 bits per heavy atom. The van der Waals surface area contributed by atoms with Crippen molar-refractivity contribution >= 4 is 21.9 Å². The summed E-state index contributed by atoms with van der Waals surface area (Å²) in [5.74, 6) is 0. The van der Waals surface area contributed by atoms with Crippen molar-refractivity contribution < 1.29 is 13.2 Å². The minimum Gasteiger partial charge on any atom is -0.768 e. The minimum absolute atomic E-state index is 0.279. The van der Waals surface area contributed by atoms with E-state index in [-0.39, 0.29) is 4.90 Å². The average molecular weight is 181 g/mol. The number of rotatable bonds is 1. The Bertz CT molecular complexity index is 433. The van der Waals surface area contributed by atoms with Crippen molar-refractivity contribution in [2.45, 2.75) is 4.90 Å². The first-order chi connectivity index (χ1) is 5.79. The summed E-state index contributed by atoms with van der Waals surface area (Å²) in [6.45, 7) is 0. The van der Waals surface area contributed by atoms with Gasteiger partial charge in [-0.05, 0) is 17.1 Å². The topological polar surface area (TPSA) is 53.3 Å². The van der Waals surface area contributed by atoms with Crippen molar-refractivity contribution in [2.75, 3.05) is 0 Å². The van der Waals surface area contributed by atoms with Crippen molar-refractivity contribution in [2.24, 2.45) is 0 Å². The first kappa shape index (κ1) is 7.52. The lowest BCUT2D eigenvalue weighted by Gasteiger charge is -2.04. The maximum atomic E-state index is 10.7. The van der Waals surface area contributed by atoms with E-state index < -0.39 is 11.1 Å². The summed E-state index contributed by atoms with van der Waals surface area (Å²) in [5.41, 5.74) is 0. The number of furan rings is 1. The van der Waals surface area contributed by atoms with Gasteiger partial charge in [-0.3, -0.25) is 4.21 Å². The third-order valence-corrected chi connectivity index (χ3v) is 2.38. The van der Waals surface area contributed by atoms with Crippen LogP contribution in [0.4, 0.5) is 0 Å². The van der Waals surface area contributed by atoms with E-state index in [1.165, 1.54) is 12.5 Å². The molecular formula is C8H5O3S-. The molecule has 1 aromatic heterocycles. The third-order valence-electron chi connectivity index (χ3n) is 1.66. The Morgan fingerprint density at radius 1 is 1.33 bits per heavy atom. The van der Waals surface area contributed by atoms with Crippen LogP contribution in [0.5, 0.6) is 0 Å². The molecule has 3 nitrogen and oxygen atoms in total. The van der Waals surface area contributed by atoms with Crippen LogP contribution in [0.25, 0.3) is 10.8 Å². The van der Waals surface area contributed by atoms with E-state index in [0.717, 1.165) is 5.39 Å². The third kappa shape index (κ3) is 1.05. The lowest BCUT2D eigenvalue weighted by atomic mass is 10.2. The molecule has 2 rings (SSSR count). The summed E-state index contributed by atoms with van der Waals surface area (Å²) >= 11 is -2.19. The number of benzene rings is 1. The number of hydrogen-bond acceptors (Lipinski definition) is 3. The zero-order valence-corrected chi connectivity index (χ0v) is 6.84. The van der Waals surface area contributed by atoms with Crippen LogP contribution in [0.1, 0.15) is 0 Å². The van der Waals surface area contributed by atoms with Gasteiger partial charge in [0, 0.05) is 15.7 Å². The van der Waals surface area contributed by atoms with E-state index in [4.69, 9.17) is 4.42 Å². The quantitative estimate of drug-likeness (QED) is 0.629. The maximum Gasteiger partial charge on any atom is 0.0993 e. The molecule has 0 aliphatic rings. The second kappa shape index (κ2) is 2.73. The van der Waals surface area contributed by atoms with E-state index in [9.17, 15) is 8.76 Å². The van der Waals surface area contributed by atoms with Gasteiger partial charge in [0.1, 0.15) is 0 Å². The second-order valence-electron chi connectivity index (χ2n) is 2.37. The average Bonchev–Trinajstić information content (AvgIpc) is 2.49. The van der Waals surface area contributed by atoms with Crippen molar-refractivity contribution in [3.8, 4) is 0 Å². The van der Waals surface area contributed by atoms with Crippen LogP contribution < -0.4 is 0 Å². The van der Waals surface area contributed by atoms with Crippen LogP contribution in [0, 0.1) is 0 Å². The molecule has 0 aliphatic carbocycles. The van der Waals surface area contributed by atoms with Crippen LogP contribution in [0.2, 0.25) is 0 Å². The highest BCUT2D eigenvalue weighted by Crippen LogP contribution is 2.21. The molecular weight excluding hydrogens is 176 g/mol. The van der Waals surface area contributed by atoms with Gasteiger partial charge in [-0.25, -0.2) is 0 Å². The highest BCUT2D eigenvalue weighted by atomic mass is 32.2. The molecule has 0 saturated heterocycles. The van der Waals surface area contributed by atoms with Crippen LogP contribution >= 0.6 is 0 Å². The van der Waals surface area contributed by atoms with Crippen molar-refractivity contribution in [1.29, 1.82) is 0 Å². The second-order valence-corrected chi connectivity index (χ2v) is 3.27. The molecule has 0 radical (unpaired) electrons. The van der Waals surface area contributed by atoms with E-state index in [1.807, 2.05) is 0 Å². The summed E-state index contributed by atoms with van der Waals surface area (Å²) in [4.78, 5) is 0.279. The van der Waals surface area contributed by atoms with Gasteiger partial charge < -0.3 is 8.97 Å². The largest absolute Gasteiger partial charge is 0.768 e. The summed E-state index contributed by atoms with van der Waals surface area (Å²) in [7, 11) is 0. The van der Waals surface area contributed by atoms with E-state index in [2.05, 4.69) is 0 Å². The molecule has 12 heavy (non-hydrogen) atoms. The van der Waals surface area contributed by atoms with E-state index >= 15 is 0 Å². The number of fused-ring (bicyclic) bond motifs is 1.